The highest BCUT2D eigenvalue weighted by atomic mass is 16.5. The minimum atomic E-state index is -0.280. The maximum absolute atomic E-state index is 11.8. The molecule has 0 aliphatic rings. The fourth-order valence-electron chi connectivity index (χ4n) is 2.21. The average Bonchev–Trinajstić information content (AvgIpc) is 2.80. The van der Waals surface area contributed by atoms with E-state index in [2.05, 4.69) is 20.1 Å². The first-order valence-electron chi connectivity index (χ1n) is 7.02. The zero-order chi connectivity index (χ0) is 15.9. The molecule has 0 atom stereocenters. The lowest BCUT2D eigenvalue weighted by Gasteiger charge is -2.08. The van der Waals surface area contributed by atoms with E-state index in [4.69, 9.17) is 4.74 Å². The summed E-state index contributed by atoms with van der Waals surface area (Å²) in [7, 11) is 1.69. The first-order valence-corrected chi connectivity index (χ1v) is 7.02. The first kappa shape index (κ1) is 15.9. The van der Waals surface area contributed by atoms with E-state index in [1.807, 2.05) is 19.9 Å². The molecule has 116 valence electrons. The molecule has 0 fully saturated rings. The average molecular weight is 300 g/mol. The molecule has 6 heteroatoms. The van der Waals surface area contributed by atoms with Crippen molar-refractivity contribution >= 4 is 12.1 Å². The second-order valence-electron chi connectivity index (χ2n) is 4.91. The third-order valence-corrected chi connectivity index (χ3v) is 3.43. The van der Waals surface area contributed by atoms with Gasteiger partial charge in [-0.3, -0.25) is 9.78 Å². The Balaban J connectivity index is 2.03. The molecule has 2 rings (SSSR count). The van der Waals surface area contributed by atoms with Crippen LogP contribution >= 0.6 is 0 Å². The molecular formula is C16H20N4O2. The second-order valence-corrected chi connectivity index (χ2v) is 4.91. The number of hydrazone groups is 1. The molecule has 22 heavy (non-hydrogen) atoms. The van der Waals surface area contributed by atoms with Gasteiger partial charge in [-0.25, -0.2) is 5.43 Å². The minimum Gasteiger partial charge on any atom is -0.383 e. The molecular weight excluding hydrogens is 280 g/mol. The van der Waals surface area contributed by atoms with Crippen LogP contribution in [-0.2, 0) is 11.3 Å². The monoisotopic (exact) mass is 300 g/mol. The van der Waals surface area contributed by atoms with Crippen LogP contribution < -0.4 is 5.43 Å². The van der Waals surface area contributed by atoms with Crippen molar-refractivity contribution in [1.29, 1.82) is 0 Å². The van der Waals surface area contributed by atoms with Gasteiger partial charge in [0.15, 0.2) is 0 Å². The molecule has 0 bridgehead atoms. The van der Waals surface area contributed by atoms with Crippen LogP contribution in [0.3, 0.4) is 0 Å². The third kappa shape index (κ3) is 3.79. The Hall–Kier alpha value is -2.47. The van der Waals surface area contributed by atoms with Crippen molar-refractivity contribution in [3.63, 3.8) is 0 Å². The summed E-state index contributed by atoms with van der Waals surface area (Å²) in [6, 6.07) is 5.43. The van der Waals surface area contributed by atoms with E-state index in [0.29, 0.717) is 12.2 Å². The van der Waals surface area contributed by atoms with Gasteiger partial charge in [-0.05, 0) is 32.0 Å². The number of aromatic nitrogens is 2. The van der Waals surface area contributed by atoms with Crippen molar-refractivity contribution in [2.45, 2.75) is 20.4 Å². The van der Waals surface area contributed by atoms with E-state index in [1.165, 1.54) is 6.20 Å². The molecule has 0 aliphatic heterocycles. The van der Waals surface area contributed by atoms with Gasteiger partial charge in [0.1, 0.15) is 0 Å². The maximum atomic E-state index is 11.8. The minimum absolute atomic E-state index is 0.280. The number of rotatable bonds is 6. The summed E-state index contributed by atoms with van der Waals surface area (Å²) in [5.74, 6) is -0.280. The van der Waals surface area contributed by atoms with Crippen molar-refractivity contribution < 1.29 is 9.53 Å². The summed E-state index contributed by atoms with van der Waals surface area (Å²) < 4.78 is 7.27. The standard InChI is InChI=1S/C16H20N4O2/c1-12-9-15(13(2)20(12)7-8-22-3)11-18-19-16(21)14-5-4-6-17-10-14/h4-6,9-11H,7-8H2,1-3H3,(H,19,21)/b18-11+. The van der Waals surface area contributed by atoms with Gasteiger partial charge in [0.2, 0.25) is 0 Å². The molecule has 0 aromatic carbocycles. The molecule has 2 aromatic rings. The smallest absolute Gasteiger partial charge is 0.272 e. The van der Waals surface area contributed by atoms with Crippen LogP contribution in [0.5, 0.6) is 0 Å². The van der Waals surface area contributed by atoms with Gasteiger partial charge < -0.3 is 9.30 Å². The Morgan fingerprint density at radius 3 is 3.00 bits per heavy atom. The van der Waals surface area contributed by atoms with Gasteiger partial charge in [0.05, 0.1) is 18.4 Å². The van der Waals surface area contributed by atoms with Gasteiger partial charge in [0, 0.05) is 43.0 Å². The van der Waals surface area contributed by atoms with Crippen molar-refractivity contribution in [3.05, 3.63) is 53.1 Å². The van der Waals surface area contributed by atoms with Gasteiger partial charge in [-0.2, -0.15) is 5.10 Å². The molecule has 1 amide bonds. The van der Waals surface area contributed by atoms with Crippen LogP contribution in [0.15, 0.2) is 35.7 Å². The maximum Gasteiger partial charge on any atom is 0.272 e. The third-order valence-electron chi connectivity index (χ3n) is 3.43. The Kier molecular flexibility index (Phi) is 5.43. The molecule has 0 aliphatic carbocycles. The molecule has 0 radical (unpaired) electrons. The Bertz CT molecular complexity index is 662. The molecule has 0 saturated carbocycles. The van der Waals surface area contributed by atoms with Gasteiger partial charge in [-0.15, -0.1) is 0 Å². The van der Waals surface area contributed by atoms with Crippen LogP contribution in [0.25, 0.3) is 0 Å². The van der Waals surface area contributed by atoms with Crippen LogP contribution in [0.4, 0.5) is 0 Å². The van der Waals surface area contributed by atoms with Crippen LogP contribution in [-0.4, -0.2) is 35.4 Å². The summed E-state index contributed by atoms with van der Waals surface area (Å²) in [6.07, 6.45) is 4.77. The van der Waals surface area contributed by atoms with E-state index in [9.17, 15) is 4.79 Å². The number of aryl methyl sites for hydroxylation is 1. The fourth-order valence-corrected chi connectivity index (χ4v) is 2.21. The van der Waals surface area contributed by atoms with Crippen molar-refractivity contribution in [1.82, 2.24) is 15.0 Å². The normalized spacial score (nSPS) is 11.0. The molecule has 0 unspecified atom stereocenters. The number of amides is 1. The van der Waals surface area contributed by atoms with E-state index < -0.39 is 0 Å². The van der Waals surface area contributed by atoms with E-state index >= 15 is 0 Å². The molecule has 0 spiro atoms. The first-order chi connectivity index (χ1) is 10.6. The number of carbonyl (C=O) groups excluding carboxylic acids is 1. The van der Waals surface area contributed by atoms with Gasteiger partial charge in [0.25, 0.3) is 5.91 Å². The van der Waals surface area contributed by atoms with E-state index in [1.54, 1.807) is 31.7 Å². The van der Waals surface area contributed by atoms with Crippen LogP contribution in [0.2, 0.25) is 0 Å². The highest BCUT2D eigenvalue weighted by Crippen LogP contribution is 2.13. The lowest BCUT2D eigenvalue weighted by molar-refractivity contribution is 0.0955. The number of nitrogens with zero attached hydrogens (tertiary/aromatic N) is 3. The SMILES string of the molecule is COCCn1c(C)cc(/C=N/NC(=O)c2cccnc2)c1C. The van der Waals surface area contributed by atoms with E-state index in [0.717, 1.165) is 23.5 Å². The zero-order valence-corrected chi connectivity index (χ0v) is 13.0. The summed E-state index contributed by atoms with van der Waals surface area (Å²) in [4.78, 5) is 15.7. The number of pyridine rings is 1. The summed E-state index contributed by atoms with van der Waals surface area (Å²) in [6.45, 7) is 5.51. The van der Waals surface area contributed by atoms with Crippen molar-refractivity contribution in [2.75, 3.05) is 13.7 Å². The van der Waals surface area contributed by atoms with Crippen molar-refractivity contribution in [3.8, 4) is 0 Å². The quantitative estimate of drug-likeness (QED) is 0.654. The highest BCUT2D eigenvalue weighted by molar-refractivity contribution is 5.94. The summed E-state index contributed by atoms with van der Waals surface area (Å²) in [5, 5.41) is 4.02. The Labute approximate surface area is 129 Å². The Morgan fingerprint density at radius 2 is 2.32 bits per heavy atom. The predicted molar refractivity (Wildman–Crippen MR) is 85.1 cm³/mol. The van der Waals surface area contributed by atoms with Crippen LogP contribution in [0, 0.1) is 13.8 Å². The number of methoxy groups -OCH3 is 1. The number of hydrogen-bond acceptors (Lipinski definition) is 4. The number of nitrogens with one attached hydrogen (secondary N) is 1. The predicted octanol–water partition coefficient (Wildman–Crippen LogP) is 1.91. The molecule has 6 nitrogen and oxygen atoms in total. The van der Waals surface area contributed by atoms with Crippen LogP contribution in [0.1, 0.15) is 27.3 Å². The lowest BCUT2D eigenvalue weighted by atomic mass is 10.2. The summed E-state index contributed by atoms with van der Waals surface area (Å²) >= 11 is 0. The lowest BCUT2D eigenvalue weighted by Crippen LogP contribution is -2.17. The number of hydrogen-bond donors (Lipinski definition) is 1. The Morgan fingerprint density at radius 1 is 1.50 bits per heavy atom. The van der Waals surface area contributed by atoms with Crippen molar-refractivity contribution in [2.24, 2.45) is 5.10 Å². The zero-order valence-electron chi connectivity index (χ0n) is 13.0. The molecule has 1 N–H and O–H groups in total. The highest BCUT2D eigenvalue weighted by Gasteiger charge is 2.07. The number of carbonyl (C=O) groups is 1. The van der Waals surface area contributed by atoms with E-state index in [-0.39, 0.29) is 5.91 Å². The molecule has 2 aromatic heterocycles. The number of ether oxygens (including phenoxy) is 1. The van der Waals surface area contributed by atoms with Gasteiger partial charge in [-0.1, -0.05) is 0 Å². The fraction of sp³-hybridized carbons (Fsp3) is 0.312. The second kappa shape index (κ2) is 7.51. The summed E-state index contributed by atoms with van der Waals surface area (Å²) in [5.41, 5.74) is 6.18. The topological polar surface area (TPSA) is 68.5 Å². The largest absolute Gasteiger partial charge is 0.383 e. The van der Waals surface area contributed by atoms with Gasteiger partial charge >= 0.3 is 0 Å². The molecule has 0 saturated heterocycles. The molecule has 2 heterocycles.